The van der Waals surface area contributed by atoms with Crippen molar-refractivity contribution >= 4 is 11.6 Å². The maximum Gasteiger partial charge on any atom is 0.0438 e. The second-order valence-corrected chi connectivity index (χ2v) is 7.29. The minimum absolute atomic E-state index is 0.569. The zero-order valence-electron chi connectivity index (χ0n) is 13.7. The number of nitrogens with one attached hydrogen (secondary N) is 1. The highest BCUT2D eigenvalue weighted by molar-refractivity contribution is 6.31. The Morgan fingerprint density at radius 3 is 2.62 bits per heavy atom. The first-order chi connectivity index (χ1) is 10.1. The summed E-state index contributed by atoms with van der Waals surface area (Å²) in [5.74, 6) is 2.52. The van der Waals surface area contributed by atoms with E-state index in [1.54, 1.807) is 0 Å². The third-order valence-electron chi connectivity index (χ3n) is 5.26. The summed E-state index contributed by atoms with van der Waals surface area (Å²) in [6, 6.07) is 8.88. The highest BCUT2D eigenvalue weighted by Gasteiger charge is 2.30. The van der Waals surface area contributed by atoms with Crippen molar-refractivity contribution in [2.24, 2.45) is 17.8 Å². The molecule has 2 rings (SSSR count). The first-order valence-corrected chi connectivity index (χ1v) is 8.96. The van der Waals surface area contributed by atoms with Crippen LogP contribution < -0.4 is 5.32 Å². The fraction of sp³-hybridized carbons (Fsp3) is 0.684. The van der Waals surface area contributed by atoms with Gasteiger partial charge in [-0.2, -0.15) is 0 Å². The standard InChI is InChI=1S/C19H30ClN/c1-4-11-21-19(13-16-7-5-6-8-18(16)20)17-10-9-14(2)15(3)12-17/h5-8,14-15,17,19,21H,4,9-13H2,1-3H3. The van der Waals surface area contributed by atoms with Gasteiger partial charge < -0.3 is 5.32 Å². The van der Waals surface area contributed by atoms with Crippen molar-refractivity contribution < 1.29 is 0 Å². The highest BCUT2D eigenvalue weighted by Crippen LogP contribution is 2.36. The minimum Gasteiger partial charge on any atom is -0.313 e. The van der Waals surface area contributed by atoms with Gasteiger partial charge in [0.15, 0.2) is 0 Å². The highest BCUT2D eigenvalue weighted by atomic mass is 35.5. The van der Waals surface area contributed by atoms with Crippen molar-refractivity contribution in [1.29, 1.82) is 0 Å². The van der Waals surface area contributed by atoms with E-state index in [4.69, 9.17) is 11.6 Å². The molecule has 1 aromatic rings. The Morgan fingerprint density at radius 2 is 1.95 bits per heavy atom. The quantitative estimate of drug-likeness (QED) is 0.749. The molecule has 1 fully saturated rings. The monoisotopic (exact) mass is 307 g/mol. The van der Waals surface area contributed by atoms with E-state index >= 15 is 0 Å². The maximum absolute atomic E-state index is 6.37. The summed E-state index contributed by atoms with van der Waals surface area (Å²) in [7, 11) is 0. The molecule has 1 aromatic carbocycles. The smallest absolute Gasteiger partial charge is 0.0438 e. The van der Waals surface area contributed by atoms with Crippen LogP contribution in [-0.4, -0.2) is 12.6 Å². The molecule has 0 amide bonds. The summed E-state index contributed by atoms with van der Waals surface area (Å²) in [5, 5.41) is 4.71. The van der Waals surface area contributed by atoms with E-state index in [1.165, 1.54) is 31.2 Å². The molecule has 0 aliphatic heterocycles. The van der Waals surface area contributed by atoms with Gasteiger partial charge in [-0.1, -0.05) is 57.0 Å². The average molecular weight is 308 g/mol. The molecule has 4 atom stereocenters. The molecule has 0 aromatic heterocycles. The molecular formula is C19H30ClN. The summed E-state index contributed by atoms with van der Waals surface area (Å²) >= 11 is 6.37. The summed E-state index contributed by atoms with van der Waals surface area (Å²) in [4.78, 5) is 0. The van der Waals surface area contributed by atoms with Crippen LogP contribution in [-0.2, 0) is 6.42 Å². The Kier molecular flexibility index (Phi) is 6.57. The molecule has 1 aliphatic carbocycles. The number of halogens is 1. The van der Waals surface area contributed by atoms with Gasteiger partial charge in [0, 0.05) is 11.1 Å². The van der Waals surface area contributed by atoms with Gasteiger partial charge in [-0.15, -0.1) is 0 Å². The van der Waals surface area contributed by atoms with E-state index in [1.807, 2.05) is 12.1 Å². The van der Waals surface area contributed by atoms with Crippen LogP contribution in [0.1, 0.15) is 52.0 Å². The molecule has 2 heteroatoms. The molecule has 0 saturated heterocycles. The summed E-state index contributed by atoms with van der Waals surface area (Å²) in [5.41, 5.74) is 1.29. The Morgan fingerprint density at radius 1 is 1.19 bits per heavy atom. The lowest BCUT2D eigenvalue weighted by Crippen LogP contribution is -2.41. The van der Waals surface area contributed by atoms with Gasteiger partial charge in [-0.05, 0) is 61.6 Å². The van der Waals surface area contributed by atoms with Gasteiger partial charge in [0.25, 0.3) is 0 Å². The van der Waals surface area contributed by atoms with Crippen LogP contribution in [0, 0.1) is 17.8 Å². The third kappa shape index (κ3) is 4.72. The van der Waals surface area contributed by atoms with Crippen molar-refractivity contribution in [3.63, 3.8) is 0 Å². The van der Waals surface area contributed by atoms with Gasteiger partial charge in [0.1, 0.15) is 0 Å². The number of rotatable bonds is 6. The second-order valence-electron chi connectivity index (χ2n) is 6.88. The fourth-order valence-electron chi connectivity index (χ4n) is 3.59. The van der Waals surface area contributed by atoms with Crippen molar-refractivity contribution in [2.45, 2.75) is 58.9 Å². The molecule has 0 radical (unpaired) electrons. The van der Waals surface area contributed by atoms with Crippen LogP contribution in [0.4, 0.5) is 0 Å². The molecule has 0 heterocycles. The summed E-state index contributed by atoms with van der Waals surface area (Å²) in [6.45, 7) is 8.17. The number of hydrogen-bond acceptors (Lipinski definition) is 1. The summed E-state index contributed by atoms with van der Waals surface area (Å²) < 4.78 is 0. The molecule has 4 unspecified atom stereocenters. The zero-order chi connectivity index (χ0) is 15.2. The molecule has 118 valence electrons. The molecule has 1 nitrogen and oxygen atoms in total. The molecule has 21 heavy (non-hydrogen) atoms. The molecule has 1 aliphatic rings. The predicted octanol–water partition coefficient (Wildman–Crippen LogP) is 5.32. The number of benzene rings is 1. The second kappa shape index (κ2) is 8.19. The van der Waals surface area contributed by atoms with Crippen molar-refractivity contribution in [3.05, 3.63) is 34.9 Å². The number of hydrogen-bond donors (Lipinski definition) is 1. The maximum atomic E-state index is 6.37. The predicted molar refractivity (Wildman–Crippen MR) is 92.9 cm³/mol. The largest absolute Gasteiger partial charge is 0.313 e. The van der Waals surface area contributed by atoms with E-state index < -0.39 is 0 Å². The first kappa shape index (κ1) is 16.8. The minimum atomic E-state index is 0.569. The third-order valence-corrected chi connectivity index (χ3v) is 5.63. The first-order valence-electron chi connectivity index (χ1n) is 8.58. The zero-order valence-corrected chi connectivity index (χ0v) is 14.5. The average Bonchev–Trinajstić information content (AvgIpc) is 2.48. The van der Waals surface area contributed by atoms with E-state index in [9.17, 15) is 0 Å². The Hall–Kier alpha value is -0.530. The van der Waals surface area contributed by atoms with Gasteiger partial charge in [0.2, 0.25) is 0 Å². The molecule has 0 bridgehead atoms. The molecular weight excluding hydrogens is 278 g/mol. The van der Waals surface area contributed by atoms with E-state index in [0.29, 0.717) is 6.04 Å². The fourth-order valence-corrected chi connectivity index (χ4v) is 3.80. The van der Waals surface area contributed by atoms with Crippen LogP contribution >= 0.6 is 11.6 Å². The van der Waals surface area contributed by atoms with Crippen LogP contribution in [0.5, 0.6) is 0 Å². The van der Waals surface area contributed by atoms with E-state index in [0.717, 1.165) is 35.7 Å². The van der Waals surface area contributed by atoms with E-state index in [2.05, 4.69) is 38.2 Å². The Bertz CT molecular complexity index is 431. The SMILES string of the molecule is CCCNC(Cc1ccccc1Cl)C1CCC(C)C(C)C1. The van der Waals surface area contributed by atoms with Gasteiger partial charge in [-0.3, -0.25) is 0 Å². The Balaban J connectivity index is 2.05. The van der Waals surface area contributed by atoms with Gasteiger partial charge >= 0.3 is 0 Å². The molecule has 0 spiro atoms. The molecule has 1 saturated carbocycles. The van der Waals surface area contributed by atoms with Crippen LogP contribution in [0.2, 0.25) is 5.02 Å². The van der Waals surface area contributed by atoms with Crippen molar-refractivity contribution in [2.75, 3.05) is 6.54 Å². The van der Waals surface area contributed by atoms with Crippen molar-refractivity contribution in [3.8, 4) is 0 Å². The van der Waals surface area contributed by atoms with Crippen LogP contribution in [0.25, 0.3) is 0 Å². The van der Waals surface area contributed by atoms with Crippen LogP contribution in [0.15, 0.2) is 24.3 Å². The lowest BCUT2D eigenvalue weighted by atomic mass is 9.72. The van der Waals surface area contributed by atoms with Crippen molar-refractivity contribution in [1.82, 2.24) is 5.32 Å². The normalized spacial score (nSPS) is 27.5. The van der Waals surface area contributed by atoms with Gasteiger partial charge in [-0.25, -0.2) is 0 Å². The Labute approximate surface area is 135 Å². The van der Waals surface area contributed by atoms with Crippen LogP contribution in [0.3, 0.4) is 0 Å². The van der Waals surface area contributed by atoms with E-state index in [-0.39, 0.29) is 0 Å². The topological polar surface area (TPSA) is 12.0 Å². The molecule has 1 N–H and O–H groups in total. The lowest BCUT2D eigenvalue weighted by Gasteiger charge is -2.37. The lowest BCUT2D eigenvalue weighted by molar-refractivity contribution is 0.170. The van der Waals surface area contributed by atoms with Gasteiger partial charge in [0.05, 0.1) is 0 Å². The summed E-state index contributed by atoms with van der Waals surface area (Å²) in [6.07, 6.45) is 6.34.